The largest absolute Gasteiger partial charge is 0.371 e. The van der Waals surface area contributed by atoms with Gasteiger partial charge in [-0.15, -0.1) is 0 Å². The van der Waals surface area contributed by atoms with Crippen LogP contribution in [0.2, 0.25) is 0 Å². The predicted molar refractivity (Wildman–Crippen MR) is 183 cm³/mol. The standard InChI is InChI=1S/C39H51N3O3/c1-26-19-27(2)35(39(45)20-26)15-16-38(44)36-22-32(31-11-12-33(40-24-31)25-42-17-7-6-8-18-42)23-37(29(36)4)41(5)34-13-9-30(10-14-34)21-28(3)43/h11-12,19,22-24,30,34H,6-10,13-18,20-21,25H2,1-5H3. The van der Waals surface area contributed by atoms with Crippen LogP contribution in [0, 0.1) is 12.8 Å². The third-order valence-corrected chi connectivity index (χ3v) is 10.3. The van der Waals surface area contributed by atoms with Gasteiger partial charge in [0.2, 0.25) is 0 Å². The van der Waals surface area contributed by atoms with E-state index in [2.05, 4.69) is 48.0 Å². The molecule has 1 aromatic heterocycles. The number of allylic oxidation sites excluding steroid dienone is 4. The van der Waals surface area contributed by atoms with Crippen LogP contribution in [0.25, 0.3) is 11.1 Å². The van der Waals surface area contributed by atoms with E-state index in [1.807, 2.05) is 26.1 Å². The minimum atomic E-state index is 0.0724. The Morgan fingerprint density at radius 1 is 0.978 bits per heavy atom. The molecular formula is C39H51N3O3. The summed E-state index contributed by atoms with van der Waals surface area (Å²) in [6.45, 7) is 10.9. The molecule has 2 aromatic rings. The average Bonchev–Trinajstić information content (AvgIpc) is 3.01. The maximum atomic E-state index is 13.9. The normalized spacial score (nSPS) is 21.1. The molecule has 0 radical (unpaired) electrons. The highest BCUT2D eigenvalue weighted by Gasteiger charge is 2.27. The molecule has 0 spiro atoms. The van der Waals surface area contributed by atoms with Crippen molar-refractivity contribution in [2.45, 2.75) is 111 Å². The van der Waals surface area contributed by atoms with Gasteiger partial charge in [-0.05, 0) is 132 Å². The van der Waals surface area contributed by atoms with E-state index in [4.69, 9.17) is 4.98 Å². The van der Waals surface area contributed by atoms with Crippen LogP contribution in [0.4, 0.5) is 5.69 Å². The number of carbonyl (C=O) groups excluding carboxylic acids is 3. The molecule has 2 aliphatic carbocycles. The number of rotatable bonds is 11. The monoisotopic (exact) mass is 609 g/mol. The Balaban J connectivity index is 1.41. The van der Waals surface area contributed by atoms with Crippen LogP contribution in [0.15, 0.2) is 53.3 Å². The third kappa shape index (κ3) is 8.26. The molecule has 1 aromatic carbocycles. The maximum absolute atomic E-state index is 13.9. The summed E-state index contributed by atoms with van der Waals surface area (Å²) in [5.74, 6) is 0.969. The topological polar surface area (TPSA) is 70.6 Å². The van der Waals surface area contributed by atoms with Crippen molar-refractivity contribution in [2.75, 3.05) is 25.0 Å². The zero-order chi connectivity index (χ0) is 32.1. The fourth-order valence-corrected chi connectivity index (χ4v) is 7.69. The number of hydrogen-bond acceptors (Lipinski definition) is 6. The quantitative estimate of drug-likeness (QED) is 0.239. The molecule has 2 fully saturated rings. The van der Waals surface area contributed by atoms with Gasteiger partial charge in [0.25, 0.3) is 0 Å². The Morgan fingerprint density at radius 2 is 1.71 bits per heavy atom. The first kappa shape index (κ1) is 33.0. The highest BCUT2D eigenvalue weighted by molar-refractivity contribution is 6.03. The van der Waals surface area contributed by atoms with E-state index in [-0.39, 0.29) is 17.3 Å². The van der Waals surface area contributed by atoms with Crippen molar-refractivity contribution in [3.8, 4) is 11.1 Å². The fraction of sp³-hybridized carbons (Fsp3) is 0.538. The van der Waals surface area contributed by atoms with E-state index in [1.54, 1.807) is 6.92 Å². The van der Waals surface area contributed by atoms with Gasteiger partial charge in [-0.3, -0.25) is 19.5 Å². The molecule has 0 amide bonds. The summed E-state index contributed by atoms with van der Waals surface area (Å²) in [6.07, 6.45) is 13.9. The number of nitrogens with zero attached hydrogens (tertiary/aromatic N) is 3. The molecule has 45 heavy (non-hydrogen) atoms. The second kappa shape index (κ2) is 14.8. The first-order chi connectivity index (χ1) is 21.6. The van der Waals surface area contributed by atoms with Crippen LogP contribution < -0.4 is 4.90 Å². The van der Waals surface area contributed by atoms with Gasteiger partial charge in [-0.25, -0.2) is 0 Å². The van der Waals surface area contributed by atoms with Crippen molar-refractivity contribution in [3.63, 3.8) is 0 Å². The Morgan fingerprint density at radius 3 is 2.36 bits per heavy atom. The number of benzene rings is 1. The van der Waals surface area contributed by atoms with Crippen molar-refractivity contribution >= 4 is 23.0 Å². The molecule has 5 rings (SSSR count). The molecule has 6 nitrogen and oxygen atoms in total. The van der Waals surface area contributed by atoms with E-state index in [0.717, 1.165) is 95.7 Å². The highest BCUT2D eigenvalue weighted by Crippen LogP contribution is 2.37. The predicted octanol–water partition coefficient (Wildman–Crippen LogP) is 8.22. The van der Waals surface area contributed by atoms with Crippen LogP contribution in [-0.4, -0.2) is 53.4 Å². The fourth-order valence-electron chi connectivity index (χ4n) is 7.69. The van der Waals surface area contributed by atoms with E-state index >= 15 is 0 Å². The SMILES string of the molecule is CC(=O)CC1CCC(N(C)c2cc(-c3ccc(CN4CCCCC4)nc3)cc(C(=O)CCC3=C(C)C=C(C)CC3=O)c2C)CC1. The lowest BCUT2D eigenvalue weighted by Gasteiger charge is -2.37. The first-order valence-corrected chi connectivity index (χ1v) is 17.1. The zero-order valence-electron chi connectivity index (χ0n) is 28.1. The Labute approximate surface area is 270 Å². The van der Waals surface area contributed by atoms with Gasteiger partial charge in [-0.2, -0.15) is 0 Å². The lowest BCUT2D eigenvalue weighted by molar-refractivity contribution is -0.118. The summed E-state index contributed by atoms with van der Waals surface area (Å²) in [6, 6.07) is 8.89. The van der Waals surface area contributed by atoms with Gasteiger partial charge < -0.3 is 9.69 Å². The van der Waals surface area contributed by atoms with E-state index in [0.29, 0.717) is 37.6 Å². The zero-order valence-corrected chi connectivity index (χ0v) is 28.1. The van der Waals surface area contributed by atoms with Crippen molar-refractivity contribution in [1.29, 1.82) is 0 Å². The van der Waals surface area contributed by atoms with Crippen molar-refractivity contribution in [2.24, 2.45) is 5.92 Å². The van der Waals surface area contributed by atoms with Crippen LogP contribution in [0.5, 0.6) is 0 Å². The summed E-state index contributed by atoms with van der Waals surface area (Å²) in [4.78, 5) is 48.1. The van der Waals surface area contributed by atoms with Gasteiger partial charge in [0.05, 0.1) is 5.69 Å². The van der Waals surface area contributed by atoms with E-state index in [1.165, 1.54) is 19.3 Å². The highest BCUT2D eigenvalue weighted by atomic mass is 16.1. The number of hydrogen-bond donors (Lipinski definition) is 0. The van der Waals surface area contributed by atoms with Crippen molar-refractivity contribution in [1.82, 2.24) is 9.88 Å². The Hall–Kier alpha value is -3.38. The Bertz CT molecular complexity index is 1470. The number of pyridine rings is 1. The number of aromatic nitrogens is 1. The van der Waals surface area contributed by atoms with Crippen LogP contribution >= 0.6 is 0 Å². The molecule has 6 heteroatoms. The number of ketones is 3. The van der Waals surface area contributed by atoms with Gasteiger partial charge in [0.15, 0.2) is 11.6 Å². The average molecular weight is 610 g/mol. The van der Waals surface area contributed by atoms with Crippen LogP contribution in [0.3, 0.4) is 0 Å². The smallest absolute Gasteiger partial charge is 0.163 e. The molecule has 1 saturated carbocycles. The summed E-state index contributed by atoms with van der Waals surface area (Å²) >= 11 is 0. The maximum Gasteiger partial charge on any atom is 0.163 e. The summed E-state index contributed by atoms with van der Waals surface area (Å²) in [5.41, 5.74) is 8.72. The second-order valence-corrected chi connectivity index (χ2v) is 13.9. The minimum absolute atomic E-state index is 0.0724. The van der Waals surface area contributed by atoms with Crippen LogP contribution in [0.1, 0.15) is 113 Å². The minimum Gasteiger partial charge on any atom is -0.371 e. The molecule has 3 aliphatic rings. The molecule has 0 bridgehead atoms. The molecular weight excluding hydrogens is 558 g/mol. The number of likely N-dealkylation sites (tertiary alicyclic amines) is 1. The molecule has 0 N–H and O–H groups in total. The molecule has 1 aliphatic heterocycles. The van der Waals surface area contributed by atoms with Crippen molar-refractivity contribution < 1.29 is 14.4 Å². The molecule has 2 heterocycles. The number of piperidine rings is 1. The van der Waals surface area contributed by atoms with E-state index in [9.17, 15) is 14.4 Å². The molecule has 1 saturated heterocycles. The lowest BCUT2D eigenvalue weighted by atomic mass is 9.82. The molecule has 0 unspecified atom stereocenters. The number of anilines is 1. The third-order valence-electron chi connectivity index (χ3n) is 10.3. The van der Waals surface area contributed by atoms with Crippen molar-refractivity contribution in [3.05, 3.63) is 70.1 Å². The summed E-state index contributed by atoms with van der Waals surface area (Å²) < 4.78 is 0. The number of Topliss-reactive ketones (excluding diaryl/α,β-unsaturated/α-hetero) is 3. The Kier molecular flexibility index (Phi) is 10.9. The van der Waals surface area contributed by atoms with Gasteiger partial charge >= 0.3 is 0 Å². The first-order valence-electron chi connectivity index (χ1n) is 17.1. The molecule has 240 valence electrons. The molecule has 0 atom stereocenters. The van der Waals surface area contributed by atoms with Gasteiger partial charge in [-0.1, -0.05) is 24.1 Å². The van der Waals surface area contributed by atoms with E-state index < -0.39 is 0 Å². The summed E-state index contributed by atoms with van der Waals surface area (Å²) in [7, 11) is 2.15. The van der Waals surface area contributed by atoms with Gasteiger partial charge in [0.1, 0.15) is 5.78 Å². The van der Waals surface area contributed by atoms with Crippen LogP contribution in [-0.2, 0) is 16.1 Å². The second-order valence-electron chi connectivity index (χ2n) is 13.9. The lowest BCUT2D eigenvalue weighted by Crippen LogP contribution is -2.36. The van der Waals surface area contributed by atoms with Gasteiger partial charge in [0, 0.05) is 61.9 Å². The number of carbonyl (C=O) groups is 3. The summed E-state index contributed by atoms with van der Waals surface area (Å²) in [5, 5.41) is 0.